The fraction of sp³-hybridized carbons (Fsp3) is 0.414. The quantitative estimate of drug-likeness (QED) is 0.281. The van der Waals surface area contributed by atoms with Gasteiger partial charge in [0.1, 0.15) is 12.7 Å². The summed E-state index contributed by atoms with van der Waals surface area (Å²) in [7, 11) is -4.16. The number of aliphatic imine (C=N–C) groups is 1. The van der Waals surface area contributed by atoms with Gasteiger partial charge < -0.3 is 28.0 Å². The fourth-order valence-corrected chi connectivity index (χ4v) is 5.77. The maximum Gasteiger partial charge on any atom is 0.338 e. The number of rotatable bonds is 9. The average molecular weight is 601 g/mol. The van der Waals surface area contributed by atoms with Gasteiger partial charge in [-0.25, -0.2) is 19.0 Å². The van der Waals surface area contributed by atoms with Crippen molar-refractivity contribution < 1.29 is 37.0 Å². The van der Waals surface area contributed by atoms with Crippen molar-refractivity contribution in [3.8, 4) is 0 Å². The van der Waals surface area contributed by atoms with Crippen molar-refractivity contribution >= 4 is 34.5 Å². The summed E-state index contributed by atoms with van der Waals surface area (Å²) in [6.07, 6.45) is -3.14. The van der Waals surface area contributed by atoms with Crippen LogP contribution in [0, 0.1) is 0 Å². The lowest BCUT2D eigenvalue weighted by atomic mass is 10.1. The van der Waals surface area contributed by atoms with Crippen molar-refractivity contribution in [3.63, 3.8) is 0 Å². The highest BCUT2D eigenvalue weighted by Crippen LogP contribution is 2.33. The van der Waals surface area contributed by atoms with Gasteiger partial charge in [-0.15, -0.1) is 0 Å². The van der Waals surface area contributed by atoms with Crippen LogP contribution in [0.3, 0.4) is 0 Å². The summed E-state index contributed by atoms with van der Waals surface area (Å²) >= 11 is 0. The van der Waals surface area contributed by atoms with E-state index in [-0.39, 0.29) is 12.2 Å². The third kappa shape index (κ3) is 8.35. The number of halogens is 1. The zero-order valence-corrected chi connectivity index (χ0v) is 26.2. The zero-order chi connectivity index (χ0) is 29.8. The Hall–Kier alpha value is -3.33. The molecular formula is C29H37FN2O7Si2. The molecule has 2 aliphatic heterocycles. The molecule has 1 fully saturated rings. The number of nitrogens with zero attached hydrogens (tertiary/aromatic N) is 2. The molecule has 220 valence electrons. The Morgan fingerprint density at radius 1 is 0.902 bits per heavy atom. The smallest absolute Gasteiger partial charge is 0.338 e. The highest BCUT2D eigenvalue weighted by atomic mass is 28.4. The molecule has 0 aliphatic carbocycles. The minimum absolute atomic E-state index is 0.263. The molecule has 12 heteroatoms. The van der Waals surface area contributed by atoms with Crippen molar-refractivity contribution in [1.29, 1.82) is 0 Å². The monoisotopic (exact) mass is 600 g/mol. The van der Waals surface area contributed by atoms with Crippen LogP contribution in [0.2, 0.25) is 39.3 Å². The maximum absolute atomic E-state index is 16.2. The van der Waals surface area contributed by atoms with Gasteiger partial charge in [-0.05, 0) is 63.5 Å². The molecule has 0 bridgehead atoms. The van der Waals surface area contributed by atoms with E-state index in [0.717, 1.165) is 0 Å². The second-order valence-corrected chi connectivity index (χ2v) is 20.6. The average Bonchev–Trinajstić information content (AvgIpc) is 3.21. The van der Waals surface area contributed by atoms with Crippen molar-refractivity contribution in [2.24, 2.45) is 4.99 Å². The Morgan fingerprint density at radius 3 is 2.05 bits per heavy atom. The van der Waals surface area contributed by atoms with E-state index in [1.165, 1.54) is 4.90 Å². The van der Waals surface area contributed by atoms with Gasteiger partial charge in [0.2, 0.25) is 14.7 Å². The molecule has 2 heterocycles. The standard InChI is InChI=1S/C29H37FN2O7Si2/c1-40(2,3)38-23-17-18-32(29(31-23)39-41(4,5)6)26-24(30)25(37-28(34)21-15-11-8-12-16-21)22(36-26)19-35-27(33)20-13-9-7-10-14-20/h7-18,22,24-26,29H,19H2,1-6H3/t22-,24+,25-,26-,29?/m1/s1. The Bertz CT molecular complexity index is 1270. The number of ether oxygens (including phenoxy) is 3. The van der Waals surface area contributed by atoms with Gasteiger partial charge in [-0.2, -0.15) is 0 Å². The van der Waals surface area contributed by atoms with Crippen LogP contribution >= 0.6 is 0 Å². The molecule has 2 aromatic rings. The number of benzene rings is 2. The first-order valence-electron chi connectivity index (χ1n) is 13.5. The Kier molecular flexibility index (Phi) is 9.47. The summed E-state index contributed by atoms with van der Waals surface area (Å²) in [6, 6.07) is 16.7. The van der Waals surface area contributed by atoms with Crippen LogP contribution in [0.15, 0.2) is 77.9 Å². The van der Waals surface area contributed by atoms with E-state index in [2.05, 4.69) is 4.99 Å². The van der Waals surface area contributed by atoms with Crippen LogP contribution < -0.4 is 0 Å². The molecule has 0 spiro atoms. The molecule has 9 nitrogen and oxygen atoms in total. The molecule has 41 heavy (non-hydrogen) atoms. The molecule has 0 aromatic heterocycles. The van der Waals surface area contributed by atoms with Crippen molar-refractivity contribution in [3.05, 3.63) is 84.1 Å². The van der Waals surface area contributed by atoms with Crippen molar-refractivity contribution in [1.82, 2.24) is 4.90 Å². The molecule has 2 aliphatic rings. The number of carbonyl (C=O) groups is 2. The Balaban J connectivity index is 1.58. The SMILES string of the molecule is C[Si](C)(C)OC1=NC(O[Si](C)(C)C)N([C@@H]2O[C@H](COC(=O)c3ccccc3)[C@@H](OC(=O)c3ccccc3)[C@@H]2F)C=C1. The predicted molar refractivity (Wildman–Crippen MR) is 157 cm³/mol. The summed E-state index contributed by atoms with van der Waals surface area (Å²) in [6.45, 7) is 11.8. The van der Waals surface area contributed by atoms with Gasteiger partial charge >= 0.3 is 11.9 Å². The molecule has 0 amide bonds. The number of hydrogen-bond acceptors (Lipinski definition) is 9. The van der Waals surface area contributed by atoms with E-state index < -0.39 is 59.5 Å². The third-order valence-electron chi connectivity index (χ3n) is 5.95. The third-order valence-corrected chi connectivity index (χ3v) is 7.69. The van der Waals surface area contributed by atoms with Crippen molar-refractivity contribution in [2.75, 3.05) is 6.61 Å². The van der Waals surface area contributed by atoms with E-state index in [0.29, 0.717) is 11.5 Å². The molecule has 0 N–H and O–H groups in total. The molecule has 4 rings (SSSR count). The number of alkyl halides is 1. The molecule has 0 saturated carbocycles. The first kappa shape index (κ1) is 30.6. The van der Waals surface area contributed by atoms with Crippen LogP contribution in [-0.4, -0.2) is 76.9 Å². The fourth-order valence-electron chi connectivity index (χ4n) is 4.22. The van der Waals surface area contributed by atoms with Crippen molar-refractivity contribution in [2.45, 2.75) is 70.2 Å². The zero-order valence-electron chi connectivity index (χ0n) is 24.2. The van der Waals surface area contributed by atoms with Gasteiger partial charge in [-0.3, -0.25) is 0 Å². The number of carbonyl (C=O) groups excluding carboxylic acids is 2. The second kappa shape index (κ2) is 12.7. The van der Waals surface area contributed by atoms with Crippen LogP contribution in [0.1, 0.15) is 20.7 Å². The van der Waals surface area contributed by atoms with Gasteiger partial charge in [0.15, 0.2) is 32.7 Å². The minimum Gasteiger partial charge on any atom is -0.532 e. The largest absolute Gasteiger partial charge is 0.532 e. The topological polar surface area (TPSA) is 95.9 Å². The van der Waals surface area contributed by atoms with E-state index >= 15 is 4.39 Å². The highest BCUT2D eigenvalue weighted by Gasteiger charge is 2.52. The van der Waals surface area contributed by atoms with Gasteiger partial charge in [0.05, 0.1) is 11.1 Å². The van der Waals surface area contributed by atoms with Crippen LogP contribution in [-0.2, 0) is 23.1 Å². The second-order valence-electron chi connectivity index (χ2n) is 11.7. The summed E-state index contributed by atoms with van der Waals surface area (Å²) in [5, 5.41) is 0. The first-order chi connectivity index (χ1) is 19.3. The van der Waals surface area contributed by atoms with Gasteiger partial charge in [0.25, 0.3) is 0 Å². The van der Waals surface area contributed by atoms with E-state index in [1.807, 2.05) is 39.3 Å². The van der Waals surface area contributed by atoms with Crippen LogP contribution in [0.4, 0.5) is 4.39 Å². The number of esters is 2. The van der Waals surface area contributed by atoms with Crippen LogP contribution in [0.25, 0.3) is 0 Å². The van der Waals surface area contributed by atoms with Gasteiger partial charge in [-0.1, -0.05) is 36.4 Å². The molecule has 5 atom stereocenters. The van der Waals surface area contributed by atoms with E-state index in [9.17, 15) is 9.59 Å². The lowest BCUT2D eigenvalue weighted by molar-refractivity contribution is -0.117. The Labute approximate surface area is 242 Å². The van der Waals surface area contributed by atoms with E-state index in [4.69, 9.17) is 23.1 Å². The molecular weight excluding hydrogens is 563 g/mol. The lowest BCUT2D eigenvalue weighted by Gasteiger charge is -2.38. The summed E-state index contributed by atoms with van der Waals surface area (Å²) in [4.78, 5) is 31.7. The molecule has 1 unspecified atom stereocenters. The minimum atomic E-state index is -2.18. The normalized spacial score (nSPS) is 24.5. The highest BCUT2D eigenvalue weighted by molar-refractivity contribution is 6.71. The molecule has 1 saturated heterocycles. The van der Waals surface area contributed by atoms with Crippen LogP contribution in [0.5, 0.6) is 0 Å². The molecule has 0 radical (unpaired) electrons. The van der Waals surface area contributed by atoms with Gasteiger partial charge in [0, 0.05) is 12.3 Å². The summed E-state index contributed by atoms with van der Waals surface area (Å²) in [5.74, 6) is -0.913. The Morgan fingerprint density at radius 2 is 1.49 bits per heavy atom. The van der Waals surface area contributed by atoms with E-state index in [1.54, 1.807) is 72.9 Å². The molecule has 2 aromatic carbocycles. The first-order valence-corrected chi connectivity index (χ1v) is 20.3. The lowest BCUT2D eigenvalue weighted by Crippen LogP contribution is -2.50. The number of hydrogen-bond donors (Lipinski definition) is 0. The summed E-state index contributed by atoms with van der Waals surface area (Å²) < 4.78 is 45.8. The predicted octanol–water partition coefficient (Wildman–Crippen LogP) is 5.35. The maximum atomic E-state index is 16.2. The summed E-state index contributed by atoms with van der Waals surface area (Å²) in [5.41, 5.74) is 0.599.